The van der Waals surface area contributed by atoms with Crippen LogP contribution in [0.3, 0.4) is 0 Å². The van der Waals surface area contributed by atoms with Gasteiger partial charge in [0.05, 0.1) is 24.2 Å². The normalized spacial score (nSPS) is 10.5. The van der Waals surface area contributed by atoms with Gasteiger partial charge >= 0.3 is 5.97 Å². The quantitative estimate of drug-likeness (QED) is 0.632. The fourth-order valence-electron chi connectivity index (χ4n) is 1.07. The van der Waals surface area contributed by atoms with Crippen molar-refractivity contribution in [3.8, 4) is 0 Å². The number of rotatable bonds is 5. The third-order valence-electron chi connectivity index (χ3n) is 1.90. The Labute approximate surface area is 104 Å². The van der Waals surface area contributed by atoms with Gasteiger partial charge in [-0.1, -0.05) is 0 Å². The Balaban J connectivity index is 2.30. The van der Waals surface area contributed by atoms with E-state index in [4.69, 9.17) is 0 Å². The van der Waals surface area contributed by atoms with Gasteiger partial charge in [-0.05, 0) is 13.0 Å². The van der Waals surface area contributed by atoms with Crippen LogP contribution in [0.15, 0.2) is 11.5 Å². The molecule has 1 amide bonds. The lowest BCUT2D eigenvalue weighted by Crippen LogP contribution is -2.24. The van der Waals surface area contributed by atoms with Crippen molar-refractivity contribution >= 4 is 29.3 Å². The lowest BCUT2D eigenvalue weighted by molar-refractivity contribution is -0.140. The predicted octanol–water partition coefficient (Wildman–Crippen LogP) is 1.14. The molecule has 0 atom stereocenters. The summed E-state index contributed by atoms with van der Waals surface area (Å²) in [5, 5.41) is 5.40. The number of aromatic nitrogens is 1. The molecular formula is C11H14N2O3S. The van der Waals surface area contributed by atoms with Crippen LogP contribution in [-0.2, 0) is 14.3 Å². The number of hydrogen-bond acceptors (Lipinski definition) is 5. The molecule has 6 heteroatoms. The van der Waals surface area contributed by atoms with E-state index in [1.165, 1.54) is 24.5 Å². The van der Waals surface area contributed by atoms with Gasteiger partial charge in [-0.15, -0.1) is 11.3 Å². The summed E-state index contributed by atoms with van der Waals surface area (Å²) in [7, 11) is 1.31. The molecule has 0 aliphatic carbocycles. The molecule has 0 fully saturated rings. The van der Waals surface area contributed by atoms with Crippen molar-refractivity contribution in [2.75, 3.05) is 13.7 Å². The van der Waals surface area contributed by atoms with E-state index in [9.17, 15) is 9.59 Å². The van der Waals surface area contributed by atoms with Crippen molar-refractivity contribution in [3.05, 3.63) is 22.2 Å². The molecule has 92 valence electrons. The summed E-state index contributed by atoms with van der Waals surface area (Å²) in [5.41, 5.74) is 0.760. The van der Waals surface area contributed by atoms with Gasteiger partial charge in [0.1, 0.15) is 0 Å². The summed E-state index contributed by atoms with van der Waals surface area (Å²) in [6.07, 6.45) is 3.20. The second kappa shape index (κ2) is 6.80. The van der Waals surface area contributed by atoms with E-state index in [0.29, 0.717) is 0 Å². The Hall–Kier alpha value is -1.69. The molecule has 0 unspecified atom stereocenters. The lowest BCUT2D eigenvalue weighted by Gasteiger charge is -2.00. The maximum absolute atomic E-state index is 11.3. The Kier molecular flexibility index (Phi) is 5.35. The summed E-state index contributed by atoms with van der Waals surface area (Å²) in [6, 6.07) is 0. The van der Waals surface area contributed by atoms with Crippen LogP contribution < -0.4 is 5.32 Å². The van der Waals surface area contributed by atoms with Crippen LogP contribution in [-0.4, -0.2) is 30.5 Å². The monoisotopic (exact) mass is 254 g/mol. The molecule has 1 rings (SSSR count). The van der Waals surface area contributed by atoms with Crippen LogP contribution in [0.2, 0.25) is 0 Å². The molecule has 0 saturated carbocycles. The summed E-state index contributed by atoms with van der Waals surface area (Å²) < 4.78 is 4.45. The number of nitrogens with zero attached hydrogens (tertiary/aromatic N) is 1. The predicted molar refractivity (Wildman–Crippen MR) is 65.5 cm³/mol. The highest BCUT2D eigenvalue weighted by Gasteiger charge is 2.01. The van der Waals surface area contributed by atoms with E-state index in [0.717, 1.165) is 10.7 Å². The number of amides is 1. The van der Waals surface area contributed by atoms with Gasteiger partial charge in [-0.3, -0.25) is 9.59 Å². The minimum absolute atomic E-state index is 0.173. The van der Waals surface area contributed by atoms with Gasteiger partial charge in [0.25, 0.3) is 0 Å². The Bertz CT molecular complexity index is 426. The molecule has 0 aromatic carbocycles. The molecule has 0 saturated heterocycles. The van der Waals surface area contributed by atoms with E-state index in [-0.39, 0.29) is 24.8 Å². The van der Waals surface area contributed by atoms with E-state index in [1.54, 1.807) is 6.08 Å². The smallest absolute Gasteiger partial charge is 0.307 e. The number of methoxy groups -OCH3 is 1. The van der Waals surface area contributed by atoms with Crippen LogP contribution >= 0.6 is 11.3 Å². The van der Waals surface area contributed by atoms with Gasteiger partial charge in [0.2, 0.25) is 5.91 Å². The molecule has 1 aromatic heterocycles. The van der Waals surface area contributed by atoms with Crippen LogP contribution in [0.1, 0.15) is 17.1 Å². The second-order valence-corrected chi connectivity index (χ2v) is 4.30. The first kappa shape index (κ1) is 13.4. The second-order valence-electron chi connectivity index (χ2n) is 3.24. The largest absolute Gasteiger partial charge is 0.469 e. The van der Waals surface area contributed by atoms with Crippen molar-refractivity contribution in [2.24, 2.45) is 0 Å². The Morgan fingerprint density at radius 2 is 2.35 bits per heavy atom. The van der Waals surface area contributed by atoms with Crippen LogP contribution in [0.25, 0.3) is 6.08 Å². The number of carbonyl (C=O) groups excluding carboxylic acids is 2. The zero-order valence-corrected chi connectivity index (χ0v) is 10.5. The third-order valence-corrected chi connectivity index (χ3v) is 2.69. The van der Waals surface area contributed by atoms with Crippen molar-refractivity contribution in [2.45, 2.75) is 13.3 Å². The van der Waals surface area contributed by atoms with E-state index >= 15 is 0 Å². The molecule has 0 bridgehead atoms. The molecule has 0 aliphatic rings. The third kappa shape index (κ3) is 5.26. The Morgan fingerprint density at radius 1 is 1.59 bits per heavy atom. The number of esters is 1. The highest BCUT2D eigenvalue weighted by atomic mass is 32.1. The number of aryl methyl sites for hydroxylation is 1. The average molecular weight is 254 g/mol. The van der Waals surface area contributed by atoms with Gasteiger partial charge in [0.15, 0.2) is 0 Å². The Morgan fingerprint density at radius 3 is 2.94 bits per heavy atom. The molecule has 17 heavy (non-hydrogen) atoms. The summed E-state index contributed by atoms with van der Waals surface area (Å²) in [5.74, 6) is -0.594. The van der Waals surface area contributed by atoms with E-state index in [1.807, 2.05) is 12.3 Å². The number of ether oxygens (including phenoxy) is 1. The van der Waals surface area contributed by atoms with Crippen molar-refractivity contribution in [1.82, 2.24) is 10.3 Å². The topological polar surface area (TPSA) is 68.3 Å². The minimum atomic E-state index is -0.343. The van der Waals surface area contributed by atoms with E-state index in [2.05, 4.69) is 15.0 Å². The average Bonchev–Trinajstić information content (AvgIpc) is 2.72. The number of nitrogens with one attached hydrogen (secondary N) is 1. The van der Waals surface area contributed by atoms with Crippen molar-refractivity contribution in [3.63, 3.8) is 0 Å². The first-order chi connectivity index (χ1) is 8.11. The summed E-state index contributed by atoms with van der Waals surface area (Å²) in [6.45, 7) is 2.17. The first-order valence-corrected chi connectivity index (χ1v) is 5.94. The minimum Gasteiger partial charge on any atom is -0.469 e. The molecule has 5 nitrogen and oxygen atoms in total. The maximum Gasteiger partial charge on any atom is 0.307 e. The van der Waals surface area contributed by atoms with Crippen LogP contribution in [0.4, 0.5) is 0 Å². The fourth-order valence-corrected chi connectivity index (χ4v) is 1.65. The number of carbonyl (C=O) groups is 2. The van der Waals surface area contributed by atoms with Crippen molar-refractivity contribution in [1.29, 1.82) is 0 Å². The standard InChI is InChI=1S/C11H14N2O3S/c1-8-13-9(7-17-8)3-4-10(14)12-6-5-11(15)16-2/h3-4,7H,5-6H2,1-2H3,(H,12,14). The van der Waals surface area contributed by atoms with E-state index < -0.39 is 0 Å². The molecule has 1 aromatic rings. The maximum atomic E-state index is 11.3. The van der Waals surface area contributed by atoms with Crippen molar-refractivity contribution < 1.29 is 14.3 Å². The van der Waals surface area contributed by atoms with Gasteiger partial charge in [-0.25, -0.2) is 4.98 Å². The molecule has 1 N–H and O–H groups in total. The molecular weight excluding hydrogens is 240 g/mol. The summed E-state index contributed by atoms with van der Waals surface area (Å²) >= 11 is 1.53. The number of thiazole rings is 1. The lowest BCUT2D eigenvalue weighted by atomic mass is 10.4. The zero-order valence-electron chi connectivity index (χ0n) is 9.73. The molecule has 0 spiro atoms. The van der Waals surface area contributed by atoms with Crippen LogP contribution in [0.5, 0.6) is 0 Å². The highest BCUT2D eigenvalue weighted by Crippen LogP contribution is 2.08. The van der Waals surface area contributed by atoms with Crippen LogP contribution in [0, 0.1) is 6.92 Å². The van der Waals surface area contributed by atoms with Gasteiger partial charge < -0.3 is 10.1 Å². The SMILES string of the molecule is COC(=O)CCNC(=O)C=Cc1csc(C)n1. The van der Waals surface area contributed by atoms with Gasteiger partial charge in [-0.2, -0.15) is 0 Å². The molecule has 1 heterocycles. The number of hydrogen-bond donors (Lipinski definition) is 1. The summed E-state index contributed by atoms with van der Waals surface area (Å²) in [4.78, 5) is 26.3. The highest BCUT2D eigenvalue weighted by molar-refractivity contribution is 7.09. The first-order valence-electron chi connectivity index (χ1n) is 5.06. The van der Waals surface area contributed by atoms with Gasteiger partial charge in [0, 0.05) is 18.0 Å². The molecule has 0 aliphatic heterocycles. The molecule has 0 radical (unpaired) electrons. The zero-order chi connectivity index (χ0) is 12.7. The fraction of sp³-hybridized carbons (Fsp3) is 0.364.